The minimum atomic E-state index is -0.522. The molecule has 1 aromatic carbocycles. The maximum absolute atomic E-state index is 11.8. The second-order valence-electron chi connectivity index (χ2n) is 8.80. The van der Waals surface area contributed by atoms with E-state index in [0.29, 0.717) is 29.1 Å². The molecule has 162 valence electrons. The molecular formula is C23H30N2O5. The Morgan fingerprint density at radius 1 is 1.27 bits per heavy atom. The summed E-state index contributed by atoms with van der Waals surface area (Å²) in [5.74, 6) is 2.35. The Kier molecular flexibility index (Phi) is 6.11. The Morgan fingerprint density at radius 2 is 2.03 bits per heavy atom. The maximum atomic E-state index is 11.8. The van der Waals surface area contributed by atoms with Crippen LogP contribution in [0.3, 0.4) is 0 Å². The number of nitrogens with zero attached hydrogens (tertiary/aromatic N) is 2. The fraction of sp³-hybridized carbons (Fsp3) is 0.565. The van der Waals surface area contributed by atoms with Gasteiger partial charge >= 0.3 is 5.97 Å². The highest BCUT2D eigenvalue weighted by Crippen LogP contribution is 2.38. The molecule has 7 nitrogen and oxygen atoms in total. The summed E-state index contributed by atoms with van der Waals surface area (Å²) >= 11 is 0. The molecule has 4 rings (SSSR count). The summed E-state index contributed by atoms with van der Waals surface area (Å²) in [6, 6.07) is 8.97. The minimum Gasteiger partial charge on any atom is -0.488 e. The number of rotatable bonds is 6. The number of hydrogen-bond acceptors (Lipinski definition) is 7. The third kappa shape index (κ3) is 4.52. The number of aliphatic hydroxyl groups excluding tert-OH is 1. The minimum absolute atomic E-state index is 0.281. The topological polar surface area (TPSA) is 85.0 Å². The van der Waals surface area contributed by atoms with E-state index >= 15 is 0 Å². The van der Waals surface area contributed by atoms with Crippen LogP contribution in [0.1, 0.15) is 54.4 Å². The molecule has 2 fully saturated rings. The number of esters is 1. The Balaban J connectivity index is 1.37. The normalized spacial score (nSPS) is 26.6. The van der Waals surface area contributed by atoms with Crippen molar-refractivity contribution in [3.63, 3.8) is 0 Å². The lowest BCUT2D eigenvalue weighted by Gasteiger charge is -2.35. The van der Waals surface area contributed by atoms with Gasteiger partial charge in [0.1, 0.15) is 11.9 Å². The van der Waals surface area contributed by atoms with Crippen molar-refractivity contribution in [2.45, 2.75) is 51.4 Å². The van der Waals surface area contributed by atoms with Crippen LogP contribution in [0.4, 0.5) is 0 Å². The van der Waals surface area contributed by atoms with Gasteiger partial charge in [-0.2, -0.15) is 0 Å². The quantitative estimate of drug-likeness (QED) is 0.727. The largest absolute Gasteiger partial charge is 0.488 e. The van der Waals surface area contributed by atoms with Crippen LogP contribution in [-0.2, 0) is 11.3 Å². The van der Waals surface area contributed by atoms with Crippen LogP contribution in [0.15, 0.2) is 34.9 Å². The first-order chi connectivity index (χ1) is 14.4. The molecule has 0 amide bonds. The molecule has 0 spiro atoms. The van der Waals surface area contributed by atoms with Gasteiger partial charge in [-0.25, -0.2) is 4.79 Å². The second-order valence-corrected chi connectivity index (χ2v) is 8.80. The molecule has 1 N–H and O–H groups in total. The summed E-state index contributed by atoms with van der Waals surface area (Å²) in [6.45, 7) is 6.86. The van der Waals surface area contributed by atoms with Gasteiger partial charge in [0.25, 0.3) is 0 Å². The molecule has 1 saturated carbocycles. The lowest BCUT2D eigenvalue weighted by Crippen LogP contribution is -2.42. The maximum Gasteiger partial charge on any atom is 0.337 e. The molecule has 1 aliphatic carbocycles. The van der Waals surface area contributed by atoms with Crippen LogP contribution >= 0.6 is 0 Å². The van der Waals surface area contributed by atoms with Gasteiger partial charge in [0, 0.05) is 19.2 Å². The third-order valence-corrected chi connectivity index (χ3v) is 6.25. The van der Waals surface area contributed by atoms with Crippen molar-refractivity contribution in [1.82, 2.24) is 10.1 Å². The number of methoxy groups -OCH3 is 1. The smallest absolute Gasteiger partial charge is 0.337 e. The molecule has 2 aliphatic rings. The summed E-state index contributed by atoms with van der Waals surface area (Å²) in [5, 5.41) is 14.8. The summed E-state index contributed by atoms with van der Waals surface area (Å²) in [5.41, 5.74) is 1.43. The number of fused-ring (bicyclic) bond motifs is 1. The van der Waals surface area contributed by atoms with Gasteiger partial charge in [-0.15, -0.1) is 0 Å². The number of aromatic nitrogens is 1. The molecule has 2 heterocycles. The highest BCUT2D eigenvalue weighted by Gasteiger charge is 2.42. The van der Waals surface area contributed by atoms with Gasteiger partial charge in [-0.1, -0.05) is 25.1 Å². The standard InChI is InChI=1S/C23H30N2O5/c1-14(2)20-10-19(30-24-20)13-25-11-16-8-21(26)22(9-17(16)12-25)29-18-6-4-5-15(7-18)23(27)28-3/h4-7,10,14,16-17,21-22,26H,8-9,11-13H2,1-3H3/t16-,17+,21+,22+/m0/s1. The van der Waals surface area contributed by atoms with Crippen molar-refractivity contribution in [3.8, 4) is 5.75 Å². The van der Waals surface area contributed by atoms with Crippen molar-refractivity contribution in [1.29, 1.82) is 0 Å². The first-order valence-corrected chi connectivity index (χ1v) is 10.6. The molecule has 7 heteroatoms. The van der Waals surface area contributed by atoms with E-state index in [-0.39, 0.29) is 6.10 Å². The van der Waals surface area contributed by atoms with Gasteiger partial charge < -0.3 is 19.1 Å². The fourth-order valence-electron chi connectivity index (χ4n) is 4.63. The molecule has 1 saturated heterocycles. The molecule has 2 aromatic rings. The first kappa shape index (κ1) is 20.9. The van der Waals surface area contributed by atoms with Crippen LogP contribution < -0.4 is 4.74 Å². The van der Waals surface area contributed by atoms with E-state index in [1.54, 1.807) is 18.2 Å². The van der Waals surface area contributed by atoms with Gasteiger partial charge in [0.2, 0.25) is 0 Å². The van der Waals surface area contributed by atoms with E-state index in [1.165, 1.54) is 7.11 Å². The zero-order chi connectivity index (χ0) is 21.3. The van der Waals surface area contributed by atoms with E-state index in [9.17, 15) is 9.90 Å². The highest BCUT2D eigenvalue weighted by atomic mass is 16.5. The zero-order valence-corrected chi connectivity index (χ0v) is 17.8. The van der Waals surface area contributed by atoms with Crippen LogP contribution in [0.2, 0.25) is 0 Å². The Labute approximate surface area is 176 Å². The Bertz CT molecular complexity index is 880. The summed E-state index contributed by atoms with van der Waals surface area (Å²) < 4.78 is 16.4. The van der Waals surface area contributed by atoms with Gasteiger partial charge in [0.05, 0.1) is 31.0 Å². The zero-order valence-electron chi connectivity index (χ0n) is 17.8. The van der Waals surface area contributed by atoms with E-state index in [1.807, 2.05) is 12.1 Å². The second kappa shape index (κ2) is 8.78. The number of likely N-dealkylation sites (tertiary alicyclic amines) is 1. The fourth-order valence-corrected chi connectivity index (χ4v) is 4.63. The van der Waals surface area contributed by atoms with Crippen molar-refractivity contribution in [2.75, 3.05) is 20.2 Å². The first-order valence-electron chi connectivity index (χ1n) is 10.6. The Hall–Kier alpha value is -2.38. The molecule has 1 aromatic heterocycles. The van der Waals surface area contributed by atoms with Crippen LogP contribution in [0.25, 0.3) is 0 Å². The van der Waals surface area contributed by atoms with Crippen LogP contribution in [0.5, 0.6) is 5.75 Å². The number of carbonyl (C=O) groups excluding carboxylic acids is 1. The van der Waals surface area contributed by atoms with Crippen molar-refractivity contribution in [2.24, 2.45) is 11.8 Å². The number of carbonyl (C=O) groups is 1. The lowest BCUT2D eigenvalue weighted by atomic mass is 9.78. The van der Waals surface area contributed by atoms with Gasteiger partial charge in [-0.3, -0.25) is 4.90 Å². The van der Waals surface area contributed by atoms with E-state index in [2.05, 4.69) is 23.9 Å². The average Bonchev–Trinajstić information content (AvgIpc) is 3.34. The third-order valence-electron chi connectivity index (χ3n) is 6.25. The number of ether oxygens (including phenoxy) is 2. The molecule has 0 unspecified atom stereocenters. The molecule has 0 radical (unpaired) electrons. The Morgan fingerprint density at radius 3 is 2.73 bits per heavy atom. The van der Waals surface area contributed by atoms with Crippen LogP contribution in [0, 0.1) is 11.8 Å². The number of benzene rings is 1. The monoisotopic (exact) mass is 414 g/mol. The van der Waals surface area contributed by atoms with Gasteiger partial charge in [-0.05, 0) is 48.8 Å². The van der Waals surface area contributed by atoms with E-state index < -0.39 is 12.1 Å². The SMILES string of the molecule is COC(=O)c1cccc(O[C@@H]2C[C@@H]3CN(Cc4cc(C(C)C)no4)C[C@@H]3C[C@H]2O)c1. The summed E-state index contributed by atoms with van der Waals surface area (Å²) in [7, 11) is 1.36. The average molecular weight is 415 g/mol. The molecule has 30 heavy (non-hydrogen) atoms. The number of aliphatic hydroxyl groups is 1. The van der Waals surface area contributed by atoms with Crippen LogP contribution in [-0.4, -0.2) is 53.5 Å². The van der Waals surface area contributed by atoms with Gasteiger partial charge in [0.15, 0.2) is 5.76 Å². The van der Waals surface area contributed by atoms with Crippen molar-refractivity contribution >= 4 is 5.97 Å². The van der Waals surface area contributed by atoms with E-state index in [0.717, 1.165) is 43.9 Å². The predicted octanol–water partition coefficient (Wildman–Crippen LogP) is 3.23. The molecule has 4 atom stereocenters. The highest BCUT2D eigenvalue weighted by molar-refractivity contribution is 5.89. The summed E-state index contributed by atoms with van der Waals surface area (Å²) in [6.07, 6.45) is 0.706. The number of hydrogen-bond donors (Lipinski definition) is 1. The summed E-state index contributed by atoms with van der Waals surface area (Å²) in [4.78, 5) is 14.1. The molecule has 1 aliphatic heterocycles. The molecule has 0 bridgehead atoms. The lowest BCUT2D eigenvalue weighted by molar-refractivity contribution is -0.0231. The van der Waals surface area contributed by atoms with Crippen molar-refractivity contribution < 1.29 is 23.9 Å². The van der Waals surface area contributed by atoms with Crippen molar-refractivity contribution in [3.05, 3.63) is 47.3 Å². The van der Waals surface area contributed by atoms with E-state index in [4.69, 9.17) is 14.0 Å². The predicted molar refractivity (Wildman–Crippen MR) is 110 cm³/mol. The molecular weight excluding hydrogens is 384 g/mol.